The molecule has 1 atom stereocenters. The van der Waals surface area contributed by atoms with Crippen LogP contribution in [0.1, 0.15) is 0 Å². The highest BCUT2D eigenvalue weighted by molar-refractivity contribution is 8.01. The maximum atomic E-state index is 12.2. The third-order valence-corrected chi connectivity index (χ3v) is 6.26. The number of hydrogen-bond donors (Lipinski definition) is 1. The fourth-order valence-electron chi connectivity index (χ4n) is 2.01. The highest BCUT2D eigenvalue weighted by Crippen LogP contribution is 2.30. The van der Waals surface area contributed by atoms with Crippen molar-refractivity contribution in [2.45, 2.75) is 10.4 Å². The second-order valence-electron chi connectivity index (χ2n) is 4.45. The number of thioether (sulfide) groups is 2. The van der Waals surface area contributed by atoms with Gasteiger partial charge in [0.1, 0.15) is 6.04 Å². The van der Waals surface area contributed by atoms with Crippen molar-refractivity contribution in [3.8, 4) is 0 Å². The molecule has 1 saturated heterocycles. The number of benzene rings is 1. The number of rotatable bonds is 4. The van der Waals surface area contributed by atoms with Gasteiger partial charge in [-0.2, -0.15) is 0 Å². The van der Waals surface area contributed by atoms with Crippen LogP contribution < -0.4 is 0 Å². The normalized spacial score (nSPS) is 18.3. The number of aromatic nitrogens is 1. The predicted molar refractivity (Wildman–Crippen MR) is 85.9 cm³/mol. The van der Waals surface area contributed by atoms with E-state index < -0.39 is 12.0 Å². The van der Waals surface area contributed by atoms with Crippen LogP contribution in [0.25, 0.3) is 10.2 Å². The predicted octanol–water partition coefficient (Wildman–Crippen LogP) is 2.37. The first-order valence-corrected chi connectivity index (χ1v) is 9.19. The average Bonchev–Trinajstić information content (AvgIpc) is 3.10. The second-order valence-corrected chi connectivity index (χ2v) is 7.71. The summed E-state index contributed by atoms with van der Waals surface area (Å²) >= 11 is 4.39. The Kier molecular flexibility index (Phi) is 4.37. The molecular weight excluding hydrogens is 328 g/mol. The van der Waals surface area contributed by atoms with Crippen molar-refractivity contribution < 1.29 is 14.7 Å². The van der Waals surface area contributed by atoms with E-state index >= 15 is 0 Å². The number of carbonyl (C=O) groups excluding carboxylic acids is 1. The largest absolute Gasteiger partial charge is 0.480 e. The monoisotopic (exact) mass is 340 g/mol. The SMILES string of the molecule is O=C(O)[C@@H]1CSCN1C(=O)CSc1nc2ccccc2s1. The van der Waals surface area contributed by atoms with Crippen molar-refractivity contribution in [3.63, 3.8) is 0 Å². The van der Waals surface area contributed by atoms with Gasteiger partial charge >= 0.3 is 5.97 Å². The lowest BCUT2D eigenvalue weighted by Crippen LogP contribution is -2.42. The molecule has 0 aliphatic carbocycles. The van der Waals surface area contributed by atoms with E-state index in [2.05, 4.69) is 4.98 Å². The maximum absolute atomic E-state index is 12.2. The van der Waals surface area contributed by atoms with Gasteiger partial charge in [0.25, 0.3) is 0 Å². The van der Waals surface area contributed by atoms with Crippen molar-refractivity contribution in [1.29, 1.82) is 0 Å². The molecule has 5 nitrogen and oxygen atoms in total. The zero-order valence-corrected chi connectivity index (χ0v) is 13.3. The first kappa shape index (κ1) is 14.7. The Morgan fingerprint density at radius 2 is 2.24 bits per heavy atom. The minimum atomic E-state index is -0.932. The van der Waals surface area contributed by atoms with Crippen molar-refractivity contribution >= 4 is 57.0 Å². The van der Waals surface area contributed by atoms with Crippen molar-refractivity contribution in [1.82, 2.24) is 9.88 Å². The number of hydrogen-bond acceptors (Lipinski definition) is 6. The van der Waals surface area contributed by atoms with Gasteiger partial charge in [0.2, 0.25) is 5.91 Å². The Bertz CT molecular complexity index is 655. The van der Waals surface area contributed by atoms with Gasteiger partial charge in [-0.1, -0.05) is 23.9 Å². The van der Waals surface area contributed by atoms with Crippen LogP contribution in [0.2, 0.25) is 0 Å². The van der Waals surface area contributed by atoms with Gasteiger partial charge in [-0.3, -0.25) is 4.79 Å². The van der Waals surface area contributed by atoms with E-state index in [1.807, 2.05) is 24.3 Å². The number of carboxylic acid groups (broad SMARTS) is 1. The quantitative estimate of drug-likeness (QED) is 0.862. The lowest BCUT2D eigenvalue weighted by atomic mass is 10.3. The van der Waals surface area contributed by atoms with Gasteiger partial charge in [-0.05, 0) is 12.1 Å². The maximum Gasteiger partial charge on any atom is 0.327 e. The molecule has 1 aromatic heterocycles. The fraction of sp³-hybridized carbons (Fsp3) is 0.308. The van der Waals surface area contributed by atoms with Gasteiger partial charge in [0.15, 0.2) is 4.34 Å². The lowest BCUT2D eigenvalue weighted by Gasteiger charge is -2.19. The van der Waals surface area contributed by atoms with Crippen LogP contribution in [0.15, 0.2) is 28.6 Å². The van der Waals surface area contributed by atoms with E-state index in [4.69, 9.17) is 5.11 Å². The minimum Gasteiger partial charge on any atom is -0.480 e. The van der Waals surface area contributed by atoms with Crippen molar-refractivity contribution in [2.75, 3.05) is 17.4 Å². The van der Waals surface area contributed by atoms with Crippen molar-refractivity contribution in [2.24, 2.45) is 0 Å². The van der Waals surface area contributed by atoms with Crippen LogP contribution in [0, 0.1) is 0 Å². The molecule has 1 fully saturated rings. The molecule has 2 heterocycles. The fourth-order valence-corrected chi connectivity index (χ4v) is 5.14. The number of thiazole rings is 1. The van der Waals surface area contributed by atoms with E-state index in [9.17, 15) is 9.59 Å². The number of para-hydroxylation sites is 1. The molecule has 1 aliphatic heterocycles. The zero-order chi connectivity index (χ0) is 14.8. The Hall–Kier alpha value is -1.25. The molecular formula is C13H12N2O3S3. The van der Waals surface area contributed by atoms with Gasteiger partial charge in [-0.25, -0.2) is 9.78 Å². The first-order chi connectivity index (χ1) is 10.1. The summed E-state index contributed by atoms with van der Waals surface area (Å²) in [5.41, 5.74) is 0.928. The first-order valence-electron chi connectivity index (χ1n) is 6.23. The molecule has 110 valence electrons. The van der Waals surface area contributed by atoms with E-state index in [0.717, 1.165) is 14.6 Å². The highest BCUT2D eigenvalue weighted by atomic mass is 32.2. The summed E-state index contributed by atoms with van der Waals surface area (Å²) in [5, 5.41) is 9.09. The summed E-state index contributed by atoms with van der Waals surface area (Å²) in [7, 11) is 0. The number of carboxylic acids is 1. The van der Waals surface area contributed by atoms with Crippen molar-refractivity contribution in [3.05, 3.63) is 24.3 Å². The summed E-state index contributed by atoms with van der Waals surface area (Å²) in [6, 6.07) is 7.13. The van der Waals surface area contributed by atoms with E-state index in [1.165, 1.54) is 28.4 Å². The molecule has 3 rings (SSSR count). The Labute approximate surface area is 133 Å². The van der Waals surface area contributed by atoms with E-state index in [0.29, 0.717) is 11.6 Å². The molecule has 1 amide bonds. The summed E-state index contributed by atoms with van der Waals surface area (Å²) < 4.78 is 1.93. The molecule has 0 spiro atoms. The Morgan fingerprint density at radius 1 is 1.43 bits per heavy atom. The molecule has 1 aromatic carbocycles. The molecule has 0 radical (unpaired) electrons. The van der Waals surface area contributed by atoms with Crippen LogP contribution in [-0.2, 0) is 9.59 Å². The topological polar surface area (TPSA) is 70.5 Å². The molecule has 1 aliphatic rings. The summed E-state index contributed by atoms with van der Waals surface area (Å²) in [4.78, 5) is 29.1. The second kappa shape index (κ2) is 6.25. The van der Waals surface area contributed by atoms with E-state index in [-0.39, 0.29) is 11.7 Å². The lowest BCUT2D eigenvalue weighted by molar-refractivity contribution is -0.146. The molecule has 2 aromatic rings. The molecule has 0 saturated carbocycles. The number of nitrogens with zero attached hydrogens (tertiary/aromatic N) is 2. The Balaban J connectivity index is 1.64. The Morgan fingerprint density at radius 3 is 3.00 bits per heavy atom. The van der Waals surface area contributed by atoms with Gasteiger partial charge in [0, 0.05) is 5.75 Å². The van der Waals surface area contributed by atoms with Crippen LogP contribution in [-0.4, -0.2) is 50.3 Å². The van der Waals surface area contributed by atoms with Crippen LogP contribution >= 0.6 is 34.9 Å². The average molecular weight is 340 g/mol. The molecule has 1 N–H and O–H groups in total. The summed E-state index contributed by atoms with van der Waals surface area (Å²) in [5.74, 6) is 0.0720. The van der Waals surface area contributed by atoms with Gasteiger partial charge in [0.05, 0.1) is 21.8 Å². The van der Waals surface area contributed by atoms with E-state index in [1.54, 1.807) is 11.3 Å². The smallest absolute Gasteiger partial charge is 0.327 e. The summed E-state index contributed by atoms with van der Waals surface area (Å²) in [6.45, 7) is 0. The van der Waals surface area contributed by atoms with Crippen LogP contribution in [0.5, 0.6) is 0 Å². The molecule has 0 bridgehead atoms. The number of fused-ring (bicyclic) bond motifs is 1. The van der Waals surface area contributed by atoms with Crippen LogP contribution in [0.4, 0.5) is 0 Å². The number of amides is 1. The number of carbonyl (C=O) groups is 2. The third kappa shape index (κ3) is 3.17. The standard InChI is InChI=1S/C13H12N2O3S3/c16-11(15-7-19-5-9(15)12(17)18)6-20-13-14-8-3-1-2-4-10(8)21-13/h1-4,9H,5-7H2,(H,17,18)/t9-/m0/s1. The number of aliphatic carboxylic acids is 1. The summed E-state index contributed by atoms with van der Waals surface area (Å²) in [6.07, 6.45) is 0. The molecule has 0 unspecified atom stereocenters. The van der Waals surface area contributed by atoms with Gasteiger partial charge in [-0.15, -0.1) is 23.1 Å². The highest BCUT2D eigenvalue weighted by Gasteiger charge is 2.34. The third-order valence-electron chi connectivity index (χ3n) is 3.08. The van der Waals surface area contributed by atoms with Crippen LogP contribution in [0.3, 0.4) is 0 Å². The zero-order valence-electron chi connectivity index (χ0n) is 10.9. The molecule has 8 heteroatoms. The molecule has 21 heavy (non-hydrogen) atoms. The van der Waals surface area contributed by atoms with Gasteiger partial charge < -0.3 is 10.0 Å². The minimum absolute atomic E-state index is 0.142.